The van der Waals surface area contributed by atoms with Gasteiger partial charge in [0.2, 0.25) is 0 Å². The van der Waals surface area contributed by atoms with E-state index in [0.717, 1.165) is 24.3 Å². The summed E-state index contributed by atoms with van der Waals surface area (Å²) in [6.45, 7) is 10.4. The molecule has 2 rings (SSSR count). The van der Waals surface area contributed by atoms with Crippen molar-refractivity contribution in [2.24, 2.45) is 17.8 Å². The minimum absolute atomic E-state index is 0.657. The van der Waals surface area contributed by atoms with Gasteiger partial charge >= 0.3 is 0 Å². The Kier molecular flexibility index (Phi) is 6.63. The number of rotatable bonds is 6. The third kappa shape index (κ3) is 5.03. The van der Waals surface area contributed by atoms with Crippen LogP contribution in [0.3, 0.4) is 0 Å². The van der Waals surface area contributed by atoms with Crippen LogP contribution >= 0.6 is 11.8 Å². The summed E-state index contributed by atoms with van der Waals surface area (Å²) in [6, 6.07) is 9.42. The quantitative estimate of drug-likeness (QED) is 0.731. The molecule has 21 heavy (non-hydrogen) atoms. The summed E-state index contributed by atoms with van der Waals surface area (Å²) in [5.74, 6) is 3.83. The maximum atomic E-state index is 3.76. The highest BCUT2D eigenvalue weighted by molar-refractivity contribution is 7.99. The lowest BCUT2D eigenvalue weighted by atomic mass is 9.74. The monoisotopic (exact) mass is 305 g/mol. The number of aryl methyl sites for hydroxylation is 1. The molecule has 1 aliphatic rings. The zero-order valence-electron chi connectivity index (χ0n) is 14.1. The molecule has 1 aromatic carbocycles. The van der Waals surface area contributed by atoms with Gasteiger partial charge in [-0.1, -0.05) is 39.0 Å². The van der Waals surface area contributed by atoms with Crippen molar-refractivity contribution in [3.8, 4) is 0 Å². The van der Waals surface area contributed by atoms with Gasteiger partial charge in [-0.2, -0.15) is 0 Å². The number of nitrogens with one attached hydrogen (secondary N) is 1. The lowest BCUT2D eigenvalue weighted by Crippen LogP contribution is -2.41. The molecule has 2 heteroatoms. The van der Waals surface area contributed by atoms with E-state index in [9.17, 15) is 0 Å². The summed E-state index contributed by atoms with van der Waals surface area (Å²) in [4.78, 5) is 1.44. The molecule has 1 fully saturated rings. The van der Waals surface area contributed by atoms with Crippen molar-refractivity contribution in [1.82, 2.24) is 5.32 Å². The smallest absolute Gasteiger partial charge is 0.0190 e. The van der Waals surface area contributed by atoms with Gasteiger partial charge in [-0.05, 0) is 62.1 Å². The van der Waals surface area contributed by atoms with Crippen LogP contribution in [0.1, 0.15) is 45.6 Å². The Morgan fingerprint density at radius 1 is 1.14 bits per heavy atom. The van der Waals surface area contributed by atoms with E-state index in [1.165, 1.54) is 35.5 Å². The Morgan fingerprint density at radius 3 is 2.43 bits per heavy atom. The molecule has 1 aliphatic carbocycles. The molecule has 0 heterocycles. The number of thioether (sulfide) groups is 1. The number of hydrogen-bond acceptors (Lipinski definition) is 2. The fourth-order valence-corrected chi connectivity index (χ4v) is 5.08. The maximum absolute atomic E-state index is 3.76. The van der Waals surface area contributed by atoms with Gasteiger partial charge in [-0.15, -0.1) is 11.8 Å². The van der Waals surface area contributed by atoms with Gasteiger partial charge in [0.25, 0.3) is 0 Å². The van der Waals surface area contributed by atoms with E-state index in [4.69, 9.17) is 0 Å². The van der Waals surface area contributed by atoms with E-state index < -0.39 is 0 Å². The van der Waals surface area contributed by atoms with Crippen LogP contribution in [-0.2, 0) is 0 Å². The Bertz CT molecular complexity index is 421. The van der Waals surface area contributed by atoms with Gasteiger partial charge in [0.1, 0.15) is 0 Å². The van der Waals surface area contributed by atoms with E-state index in [-0.39, 0.29) is 0 Å². The standard InChI is InChI=1S/C19H31NS/c1-5-20-18(17-11-14(2)10-15(3)12-17)13-21-19-9-7-6-8-16(19)4/h6-9,14-15,17-18,20H,5,10-13H2,1-4H3. The average molecular weight is 306 g/mol. The van der Waals surface area contributed by atoms with E-state index in [0.29, 0.717) is 6.04 Å². The fourth-order valence-electron chi connectivity index (χ4n) is 3.86. The van der Waals surface area contributed by atoms with E-state index in [2.05, 4.69) is 57.3 Å². The molecule has 3 unspecified atom stereocenters. The highest BCUT2D eigenvalue weighted by atomic mass is 32.2. The largest absolute Gasteiger partial charge is 0.313 e. The number of benzene rings is 1. The van der Waals surface area contributed by atoms with Crippen LogP contribution in [0.5, 0.6) is 0 Å². The summed E-state index contributed by atoms with van der Waals surface area (Å²) >= 11 is 2.03. The Labute approximate surface area is 135 Å². The first-order valence-corrected chi connectivity index (χ1v) is 9.50. The van der Waals surface area contributed by atoms with Crippen molar-refractivity contribution in [2.75, 3.05) is 12.3 Å². The molecular weight excluding hydrogens is 274 g/mol. The third-order valence-corrected chi connectivity index (χ3v) is 6.06. The molecule has 1 aromatic rings. The summed E-state index contributed by atoms with van der Waals surface area (Å²) in [6.07, 6.45) is 4.22. The Balaban J connectivity index is 1.97. The average Bonchev–Trinajstić information content (AvgIpc) is 2.44. The summed E-state index contributed by atoms with van der Waals surface area (Å²) < 4.78 is 0. The molecule has 0 spiro atoms. The van der Waals surface area contributed by atoms with Gasteiger partial charge in [0.05, 0.1) is 0 Å². The van der Waals surface area contributed by atoms with Gasteiger partial charge in [0, 0.05) is 16.7 Å². The zero-order valence-corrected chi connectivity index (χ0v) is 14.9. The van der Waals surface area contributed by atoms with Crippen molar-refractivity contribution in [2.45, 2.75) is 57.9 Å². The van der Waals surface area contributed by atoms with Crippen LogP contribution < -0.4 is 5.32 Å². The molecule has 1 nitrogen and oxygen atoms in total. The van der Waals surface area contributed by atoms with Crippen LogP contribution in [0.2, 0.25) is 0 Å². The third-order valence-electron chi connectivity index (χ3n) is 4.76. The fraction of sp³-hybridized carbons (Fsp3) is 0.684. The topological polar surface area (TPSA) is 12.0 Å². The lowest BCUT2D eigenvalue weighted by Gasteiger charge is -2.37. The van der Waals surface area contributed by atoms with Gasteiger partial charge < -0.3 is 5.32 Å². The minimum Gasteiger partial charge on any atom is -0.313 e. The molecule has 0 aliphatic heterocycles. The van der Waals surface area contributed by atoms with Crippen LogP contribution in [0, 0.1) is 24.7 Å². The summed E-state index contributed by atoms with van der Waals surface area (Å²) in [5.41, 5.74) is 1.41. The predicted octanol–water partition coefficient (Wildman–Crippen LogP) is 5.14. The van der Waals surface area contributed by atoms with Gasteiger partial charge in [0.15, 0.2) is 0 Å². The molecule has 1 saturated carbocycles. The number of hydrogen-bond donors (Lipinski definition) is 1. The van der Waals surface area contributed by atoms with Crippen LogP contribution in [0.15, 0.2) is 29.2 Å². The van der Waals surface area contributed by atoms with E-state index in [1.54, 1.807) is 0 Å². The highest BCUT2D eigenvalue weighted by Crippen LogP contribution is 2.36. The van der Waals surface area contributed by atoms with Crippen molar-refractivity contribution >= 4 is 11.8 Å². The van der Waals surface area contributed by atoms with Gasteiger partial charge in [-0.3, -0.25) is 0 Å². The first kappa shape index (κ1) is 16.9. The predicted molar refractivity (Wildman–Crippen MR) is 95.0 cm³/mol. The van der Waals surface area contributed by atoms with Crippen molar-refractivity contribution in [1.29, 1.82) is 0 Å². The molecule has 0 radical (unpaired) electrons. The summed E-state index contributed by atoms with van der Waals surface area (Å²) in [7, 11) is 0. The van der Waals surface area contributed by atoms with Crippen molar-refractivity contribution < 1.29 is 0 Å². The molecular formula is C19H31NS. The molecule has 0 bridgehead atoms. The highest BCUT2D eigenvalue weighted by Gasteiger charge is 2.29. The molecule has 1 N–H and O–H groups in total. The first-order chi connectivity index (χ1) is 10.1. The van der Waals surface area contributed by atoms with E-state index in [1.807, 2.05) is 11.8 Å². The van der Waals surface area contributed by atoms with E-state index >= 15 is 0 Å². The normalized spacial score (nSPS) is 27.5. The van der Waals surface area contributed by atoms with Crippen LogP contribution in [0.4, 0.5) is 0 Å². The van der Waals surface area contributed by atoms with Crippen LogP contribution in [0.25, 0.3) is 0 Å². The summed E-state index contributed by atoms with van der Waals surface area (Å²) in [5, 5.41) is 3.76. The van der Waals surface area contributed by atoms with Crippen molar-refractivity contribution in [3.63, 3.8) is 0 Å². The van der Waals surface area contributed by atoms with Crippen LogP contribution in [-0.4, -0.2) is 18.3 Å². The first-order valence-electron chi connectivity index (χ1n) is 8.52. The Morgan fingerprint density at radius 2 is 1.81 bits per heavy atom. The lowest BCUT2D eigenvalue weighted by molar-refractivity contribution is 0.185. The van der Waals surface area contributed by atoms with Crippen molar-refractivity contribution in [3.05, 3.63) is 29.8 Å². The Hall–Kier alpha value is -0.470. The molecule has 118 valence electrons. The molecule has 0 saturated heterocycles. The molecule has 0 aromatic heterocycles. The zero-order chi connectivity index (χ0) is 15.2. The minimum atomic E-state index is 0.657. The van der Waals surface area contributed by atoms with Gasteiger partial charge in [-0.25, -0.2) is 0 Å². The molecule has 3 atom stereocenters. The second kappa shape index (κ2) is 8.24. The molecule has 0 amide bonds. The second-order valence-corrected chi connectivity index (χ2v) is 7.98. The SMILES string of the molecule is CCNC(CSc1ccccc1C)C1CC(C)CC(C)C1. The maximum Gasteiger partial charge on any atom is 0.0190 e. The second-order valence-electron chi connectivity index (χ2n) is 6.92.